The number of amides is 2. The minimum absolute atomic E-state index is 0.0261. The number of sulfonamides is 1. The van der Waals surface area contributed by atoms with Crippen LogP contribution in [0.1, 0.15) is 42.8 Å². The number of benzene rings is 1. The average Bonchev–Trinajstić information content (AvgIpc) is 3.33. The van der Waals surface area contributed by atoms with Crippen LogP contribution in [0, 0.1) is 17.8 Å². The number of carbonyl (C=O) groups is 2. The predicted octanol–water partition coefficient (Wildman–Crippen LogP) is 3.91. The number of likely N-dealkylation sites (tertiary alicyclic amines) is 1. The maximum atomic E-state index is 13.0. The first-order valence-electron chi connectivity index (χ1n) is 11.5. The Hall–Kier alpha value is -2.23. The van der Waals surface area contributed by atoms with E-state index >= 15 is 0 Å². The molecule has 7 nitrogen and oxygen atoms in total. The van der Waals surface area contributed by atoms with Crippen molar-refractivity contribution in [2.75, 3.05) is 31.5 Å². The van der Waals surface area contributed by atoms with Crippen LogP contribution in [0.15, 0.2) is 46.7 Å². The number of piperidine rings is 2. The summed E-state index contributed by atoms with van der Waals surface area (Å²) in [6.45, 7) is 6.35. The number of carbonyl (C=O) groups excluding carboxylic acids is 2. The van der Waals surface area contributed by atoms with E-state index in [-0.39, 0.29) is 22.6 Å². The van der Waals surface area contributed by atoms with Crippen LogP contribution in [0.3, 0.4) is 0 Å². The van der Waals surface area contributed by atoms with Crippen molar-refractivity contribution in [2.45, 2.75) is 38.0 Å². The van der Waals surface area contributed by atoms with Crippen molar-refractivity contribution in [2.24, 2.45) is 17.8 Å². The summed E-state index contributed by atoms with van der Waals surface area (Å²) < 4.78 is 27.6. The van der Waals surface area contributed by atoms with Crippen molar-refractivity contribution in [1.29, 1.82) is 0 Å². The lowest BCUT2D eigenvalue weighted by atomic mass is 9.94. The summed E-state index contributed by atoms with van der Waals surface area (Å²) in [5.74, 6) is 0.450. The summed E-state index contributed by atoms with van der Waals surface area (Å²) in [6.07, 6.45) is 2.26. The van der Waals surface area contributed by atoms with Gasteiger partial charge in [0.2, 0.25) is 15.9 Å². The zero-order chi connectivity index (χ0) is 23.6. The first kappa shape index (κ1) is 23.9. The number of hydrogen-bond donors (Lipinski definition) is 1. The van der Waals surface area contributed by atoms with Crippen LogP contribution in [0.2, 0.25) is 0 Å². The Morgan fingerprint density at radius 1 is 1.00 bits per heavy atom. The molecule has 2 fully saturated rings. The van der Waals surface area contributed by atoms with E-state index in [1.807, 2.05) is 17.5 Å². The average molecular weight is 490 g/mol. The minimum Gasteiger partial charge on any atom is -0.338 e. The Morgan fingerprint density at radius 2 is 1.64 bits per heavy atom. The standard InChI is InChI=1S/C24H31N3O4S2/c1-17-14-18(2)16-27(15-17)33(30,31)21-7-5-20(6-8-21)25-23(28)19-9-11-26(12-10-19)24(29)22-4-3-13-32-22/h3-8,13,17-19H,9-12,14-16H2,1-2H3,(H,25,28)/t17-,18+. The van der Waals surface area contributed by atoms with E-state index in [0.717, 1.165) is 11.3 Å². The Kier molecular flexibility index (Phi) is 7.21. The van der Waals surface area contributed by atoms with E-state index in [9.17, 15) is 18.0 Å². The third kappa shape index (κ3) is 5.47. The van der Waals surface area contributed by atoms with E-state index < -0.39 is 10.0 Å². The Balaban J connectivity index is 1.33. The van der Waals surface area contributed by atoms with Crippen LogP contribution in [0.4, 0.5) is 5.69 Å². The minimum atomic E-state index is -3.54. The molecule has 9 heteroatoms. The van der Waals surface area contributed by atoms with Gasteiger partial charge >= 0.3 is 0 Å². The molecule has 178 valence electrons. The van der Waals surface area contributed by atoms with Crippen LogP contribution < -0.4 is 5.32 Å². The van der Waals surface area contributed by atoms with Crippen molar-refractivity contribution >= 4 is 38.9 Å². The maximum absolute atomic E-state index is 13.0. The van der Waals surface area contributed by atoms with Crippen LogP contribution in [0.25, 0.3) is 0 Å². The smallest absolute Gasteiger partial charge is 0.263 e. The molecule has 1 aromatic heterocycles. The number of hydrogen-bond acceptors (Lipinski definition) is 5. The van der Waals surface area contributed by atoms with Gasteiger partial charge in [-0.2, -0.15) is 4.31 Å². The quantitative estimate of drug-likeness (QED) is 0.690. The molecule has 33 heavy (non-hydrogen) atoms. The summed E-state index contributed by atoms with van der Waals surface area (Å²) >= 11 is 1.43. The number of anilines is 1. The first-order chi connectivity index (χ1) is 15.7. The predicted molar refractivity (Wildman–Crippen MR) is 130 cm³/mol. The highest BCUT2D eigenvalue weighted by Crippen LogP contribution is 2.28. The highest BCUT2D eigenvalue weighted by Gasteiger charge is 2.32. The van der Waals surface area contributed by atoms with Crippen molar-refractivity contribution < 1.29 is 18.0 Å². The van der Waals surface area contributed by atoms with Gasteiger partial charge in [0, 0.05) is 37.8 Å². The number of rotatable bonds is 5. The van der Waals surface area contributed by atoms with Gasteiger partial charge in [0.25, 0.3) is 5.91 Å². The summed E-state index contributed by atoms with van der Waals surface area (Å²) in [7, 11) is -3.54. The monoisotopic (exact) mass is 489 g/mol. The zero-order valence-electron chi connectivity index (χ0n) is 19.1. The molecule has 2 amide bonds. The number of nitrogens with zero attached hydrogens (tertiary/aromatic N) is 2. The third-order valence-electron chi connectivity index (χ3n) is 6.48. The number of nitrogens with one attached hydrogen (secondary N) is 1. The second-order valence-corrected chi connectivity index (χ2v) is 12.2. The second-order valence-electron chi connectivity index (χ2n) is 9.33. The Morgan fingerprint density at radius 3 is 2.21 bits per heavy atom. The summed E-state index contributed by atoms with van der Waals surface area (Å²) in [4.78, 5) is 28.0. The van der Waals surface area contributed by atoms with Gasteiger partial charge < -0.3 is 10.2 Å². The fraction of sp³-hybridized carbons (Fsp3) is 0.500. The van der Waals surface area contributed by atoms with Gasteiger partial charge in [-0.25, -0.2) is 8.42 Å². The highest BCUT2D eigenvalue weighted by atomic mass is 32.2. The molecule has 4 rings (SSSR count). The molecule has 2 saturated heterocycles. The first-order valence-corrected chi connectivity index (χ1v) is 13.8. The fourth-order valence-corrected chi connectivity index (χ4v) is 7.18. The molecular weight excluding hydrogens is 458 g/mol. The fourth-order valence-electron chi connectivity index (χ4n) is 4.81. The molecule has 3 heterocycles. The molecule has 0 radical (unpaired) electrons. The zero-order valence-corrected chi connectivity index (χ0v) is 20.7. The van der Waals surface area contributed by atoms with Gasteiger partial charge in [-0.15, -0.1) is 11.3 Å². The lowest BCUT2D eigenvalue weighted by Crippen LogP contribution is -2.42. The van der Waals surface area contributed by atoms with Crippen molar-refractivity contribution in [3.8, 4) is 0 Å². The van der Waals surface area contributed by atoms with E-state index in [0.29, 0.717) is 56.5 Å². The van der Waals surface area contributed by atoms with Crippen molar-refractivity contribution in [1.82, 2.24) is 9.21 Å². The molecule has 1 aromatic carbocycles. The SMILES string of the molecule is C[C@@H]1C[C@H](C)CN(S(=O)(=O)c2ccc(NC(=O)C3CCN(C(=O)c4cccs4)CC3)cc2)C1. The van der Waals surface area contributed by atoms with E-state index in [4.69, 9.17) is 0 Å². The van der Waals surface area contributed by atoms with E-state index in [2.05, 4.69) is 19.2 Å². The molecule has 0 aliphatic carbocycles. The van der Waals surface area contributed by atoms with Crippen LogP contribution in [-0.2, 0) is 14.8 Å². The highest BCUT2D eigenvalue weighted by molar-refractivity contribution is 7.89. The molecular formula is C24H31N3O4S2. The second kappa shape index (κ2) is 9.95. The molecule has 0 unspecified atom stereocenters. The van der Waals surface area contributed by atoms with Crippen LogP contribution >= 0.6 is 11.3 Å². The van der Waals surface area contributed by atoms with Crippen molar-refractivity contribution in [3.63, 3.8) is 0 Å². The van der Waals surface area contributed by atoms with E-state index in [1.165, 1.54) is 11.3 Å². The van der Waals surface area contributed by atoms with Gasteiger partial charge in [-0.05, 0) is 66.8 Å². The lowest BCUT2D eigenvalue weighted by molar-refractivity contribution is -0.121. The third-order valence-corrected chi connectivity index (χ3v) is 9.18. The molecule has 2 aliphatic rings. The molecule has 0 saturated carbocycles. The van der Waals surface area contributed by atoms with Crippen LogP contribution in [0.5, 0.6) is 0 Å². The van der Waals surface area contributed by atoms with E-state index in [1.54, 1.807) is 33.5 Å². The number of thiophene rings is 1. The normalized spacial score (nSPS) is 22.8. The molecule has 2 atom stereocenters. The topological polar surface area (TPSA) is 86.8 Å². The summed E-state index contributed by atoms with van der Waals surface area (Å²) in [5.41, 5.74) is 0.580. The summed E-state index contributed by atoms with van der Waals surface area (Å²) in [6, 6.07) is 10.1. The van der Waals surface area contributed by atoms with Crippen molar-refractivity contribution in [3.05, 3.63) is 46.7 Å². The largest absolute Gasteiger partial charge is 0.338 e. The lowest BCUT2D eigenvalue weighted by Gasteiger charge is -2.34. The Bertz CT molecular complexity index is 1070. The Labute approximate surface area is 199 Å². The van der Waals surface area contributed by atoms with Gasteiger partial charge in [0.05, 0.1) is 9.77 Å². The van der Waals surface area contributed by atoms with Crippen LogP contribution in [-0.4, -0.2) is 55.6 Å². The molecule has 2 aliphatic heterocycles. The van der Waals surface area contributed by atoms with Gasteiger partial charge in [-0.3, -0.25) is 9.59 Å². The molecule has 2 aromatic rings. The maximum Gasteiger partial charge on any atom is 0.263 e. The molecule has 1 N–H and O–H groups in total. The van der Waals surface area contributed by atoms with Gasteiger partial charge in [-0.1, -0.05) is 19.9 Å². The van der Waals surface area contributed by atoms with Gasteiger partial charge in [0.15, 0.2) is 0 Å². The molecule has 0 spiro atoms. The molecule has 0 bridgehead atoms. The van der Waals surface area contributed by atoms with Gasteiger partial charge in [0.1, 0.15) is 0 Å². The summed E-state index contributed by atoms with van der Waals surface area (Å²) in [5, 5.41) is 4.79.